The zero-order chi connectivity index (χ0) is 24.2. The number of para-hydroxylation sites is 1. The fraction of sp³-hybridized carbons (Fsp3) is 0.435. The van der Waals surface area contributed by atoms with Crippen LogP contribution < -0.4 is 10.0 Å². The van der Waals surface area contributed by atoms with Crippen molar-refractivity contribution in [3.63, 3.8) is 0 Å². The van der Waals surface area contributed by atoms with Gasteiger partial charge in [-0.15, -0.1) is 11.3 Å². The highest BCUT2D eigenvalue weighted by Crippen LogP contribution is 2.28. The maximum Gasteiger partial charge on any atom is 0.280 e. The monoisotopic (exact) mass is 522 g/mol. The number of hydrogen-bond donors (Lipinski definition) is 2. The van der Waals surface area contributed by atoms with E-state index >= 15 is 0 Å². The van der Waals surface area contributed by atoms with E-state index in [1.807, 2.05) is 12.1 Å². The Morgan fingerprint density at radius 1 is 1.09 bits per heavy atom. The van der Waals surface area contributed by atoms with Gasteiger partial charge in [-0.3, -0.25) is 4.72 Å². The van der Waals surface area contributed by atoms with Crippen LogP contribution in [0.1, 0.15) is 51.0 Å². The largest absolute Gasteiger partial charge is 0.310 e. The average molecular weight is 523 g/mol. The smallest absolute Gasteiger partial charge is 0.280 e. The molecule has 1 aromatic carbocycles. The molecule has 0 radical (unpaired) electrons. The molecule has 1 atom stereocenters. The quantitative estimate of drug-likeness (QED) is 0.408. The highest BCUT2D eigenvalue weighted by atomic mass is 32.2. The van der Waals surface area contributed by atoms with E-state index in [4.69, 9.17) is 0 Å². The van der Waals surface area contributed by atoms with E-state index in [-0.39, 0.29) is 9.24 Å². The lowest BCUT2D eigenvalue weighted by atomic mass is 9.85. The first-order valence-electron chi connectivity index (χ1n) is 11.4. The molecular weight excluding hydrogens is 492 g/mol. The van der Waals surface area contributed by atoms with E-state index < -0.39 is 20.0 Å². The van der Waals surface area contributed by atoms with Crippen molar-refractivity contribution in [1.82, 2.24) is 14.3 Å². The summed E-state index contributed by atoms with van der Waals surface area (Å²) in [6.45, 7) is 2.69. The summed E-state index contributed by atoms with van der Waals surface area (Å²) >= 11 is 1.06. The molecular formula is C23H30N4O4S3. The minimum absolute atomic E-state index is 0.112. The summed E-state index contributed by atoms with van der Waals surface area (Å²) in [5, 5.41) is 4.80. The van der Waals surface area contributed by atoms with Crippen molar-refractivity contribution < 1.29 is 16.8 Å². The van der Waals surface area contributed by atoms with Crippen molar-refractivity contribution in [2.75, 3.05) is 4.72 Å². The van der Waals surface area contributed by atoms with Gasteiger partial charge in [0.25, 0.3) is 20.0 Å². The van der Waals surface area contributed by atoms with Crippen molar-refractivity contribution in [3.05, 3.63) is 59.9 Å². The minimum atomic E-state index is -4.08. The number of rotatable bonds is 10. The number of imidazole rings is 1. The second-order valence-corrected chi connectivity index (χ2v) is 13.4. The minimum Gasteiger partial charge on any atom is -0.310 e. The predicted octanol–water partition coefficient (Wildman–Crippen LogP) is 4.43. The first-order chi connectivity index (χ1) is 16.3. The molecule has 34 heavy (non-hydrogen) atoms. The second-order valence-electron chi connectivity index (χ2n) is 8.76. The van der Waals surface area contributed by atoms with Gasteiger partial charge in [0.2, 0.25) is 0 Å². The molecule has 0 spiro atoms. The number of anilines is 1. The van der Waals surface area contributed by atoms with Gasteiger partial charge in [-0.2, -0.15) is 16.8 Å². The third-order valence-electron chi connectivity index (χ3n) is 6.15. The van der Waals surface area contributed by atoms with Crippen LogP contribution in [0.2, 0.25) is 0 Å². The molecule has 4 rings (SSSR count). The Balaban J connectivity index is 1.44. The van der Waals surface area contributed by atoms with Crippen LogP contribution in [0.15, 0.2) is 63.5 Å². The number of nitrogens with one attached hydrogen (secondary N) is 2. The van der Waals surface area contributed by atoms with Crippen LogP contribution in [0, 0.1) is 5.92 Å². The molecule has 3 aromatic rings. The van der Waals surface area contributed by atoms with Crippen LogP contribution >= 0.6 is 11.3 Å². The molecule has 0 bridgehead atoms. The highest BCUT2D eigenvalue weighted by Gasteiger charge is 2.24. The van der Waals surface area contributed by atoms with E-state index in [0.717, 1.165) is 45.7 Å². The highest BCUT2D eigenvalue weighted by molar-refractivity contribution is 7.93. The molecule has 1 aliphatic carbocycles. The van der Waals surface area contributed by atoms with Gasteiger partial charge in [0.1, 0.15) is 10.5 Å². The fourth-order valence-electron chi connectivity index (χ4n) is 4.34. The van der Waals surface area contributed by atoms with Crippen LogP contribution in [0.25, 0.3) is 0 Å². The van der Waals surface area contributed by atoms with E-state index in [9.17, 15) is 16.8 Å². The number of hydrogen-bond acceptors (Lipinski definition) is 7. The van der Waals surface area contributed by atoms with Crippen molar-refractivity contribution in [2.24, 2.45) is 5.92 Å². The maximum atomic E-state index is 13.0. The topological polar surface area (TPSA) is 110 Å². The molecule has 1 fully saturated rings. The summed E-state index contributed by atoms with van der Waals surface area (Å²) in [7, 11) is -7.95. The van der Waals surface area contributed by atoms with Gasteiger partial charge in [0, 0.05) is 12.6 Å². The molecule has 2 heterocycles. The second kappa shape index (κ2) is 10.6. The fourth-order valence-corrected chi connectivity index (χ4v) is 7.66. The summed E-state index contributed by atoms with van der Waals surface area (Å²) in [6.07, 6.45) is 9.68. The Bertz CT molecular complexity index is 1300. The van der Waals surface area contributed by atoms with Crippen LogP contribution in [-0.4, -0.2) is 31.8 Å². The third kappa shape index (κ3) is 5.88. The Morgan fingerprint density at radius 3 is 2.59 bits per heavy atom. The summed E-state index contributed by atoms with van der Waals surface area (Å²) < 4.78 is 54.8. The van der Waals surface area contributed by atoms with Gasteiger partial charge in [-0.25, -0.2) is 8.96 Å². The van der Waals surface area contributed by atoms with Gasteiger partial charge in [-0.05, 0) is 42.3 Å². The zero-order valence-electron chi connectivity index (χ0n) is 19.1. The summed E-state index contributed by atoms with van der Waals surface area (Å²) in [4.78, 5) is 3.85. The Hall–Kier alpha value is -2.21. The molecule has 1 aliphatic rings. The van der Waals surface area contributed by atoms with Crippen molar-refractivity contribution in [1.29, 1.82) is 0 Å². The zero-order valence-corrected chi connectivity index (χ0v) is 21.5. The Kier molecular flexibility index (Phi) is 7.76. The molecule has 184 valence electrons. The van der Waals surface area contributed by atoms with Gasteiger partial charge < -0.3 is 5.32 Å². The lowest BCUT2D eigenvalue weighted by molar-refractivity contribution is 0.305. The molecule has 0 aliphatic heterocycles. The van der Waals surface area contributed by atoms with Gasteiger partial charge in [0.15, 0.2) is 5.03 Å². The maximum absolute atomic E-state index is 13.0. The van der Waals surface area contributed by atoms with Gasteiger partial charge >= 0.3 is 0 Å². The van der Waals surface area contributed by atoms with Gasteiger partial charge in [0.05, 0.1) is 11.9 Å². The normalized spacial score (nSPS) is 16.4. The molecule has 0 unspecified atom stereocenters. The van der Waals surface area contributed by atoms with E-state index in [1.165, 1.54) is 38.2 Å². The first-order valence-corrected chi connectivity index (χ1v) is 15.2. The number of thiophene rings is 1. The lowest BCUT2D eigenvalue weighted by Gasteiger charge is -2.25. The number of benzene rings is 1. The van der Waals surface area contributed by atoms with E-state index in [1.54, 1.807) is 23.6 Å². The number of nitrogens with zero attached hydrogens (tertiary/aromatic N) is 2. The Labute approximate surface area is 205 Å². The van der Waals surface area contributed by atoms with Crippen LogP contribution in [0.5, 0.6) is 0 Å². The summed E-state index contributed by atoms with van der Waals surface area (Å²) in [5.74, 6) is 0.755. The molecule has 8 nitrogen and oxygen atoms in total. The van der Waals surface area contributed by atoms with E-state index in [2.05, 4.69) is 21.9 Å². The Morgan fingerprint density at radius 2 is 1.85 bits per heavy atom. The molecule has 0 amide bonds. The molecule has 0 saturated heterocycles. The first kappa shape index (κ1) is 24.9. The summed E-state index contributed by atoms with van der Waals surface area (Å²) in [5.41, 5.74) is 1.25. The predicted molar refractivity (Wildman–Crippen MR) is 134 cm³/mol. The molecule has 2 N–H and O–H groups in total. The summed E-state index contributed by atoms with van der Waals surface area (Å²) in [6, 6.07) is 10.6. The third-order valence-corrected chi connectivity index (χ3v) is 10.4. The standard InChI is InChI=1S/C23H30N4O4S3/c1-18(14-19-8-3-2-4-9-19)24-15-20-10-5-6-11-21(20)26-33(28,29)22-16-27(17-25-22)34(30,31)23-12-7-13-32-23/h5-7,10-13,16-19,24,26H,2-4,8-9,14-15H2,1H3/t18-/m0/s1. The van der Waals surface area contributed by atoms with Crippen molar-refractivity contribution in [3.8, 4) is 0 Å². The number of aromatic nitrogens is 2. The average Bonchev–Trinajstić information content (AvgIpc) is 3.52. The van der Waals surface area contributed by atoms with E-state index in [0.29, 0.717) is 18.3 Å². The van der Waals surface area contributed by atoms with Gasteiger partial charge in [-0.1, -0.05) is 56.4 Å². The van der Waals surface area contributed by atoms with Crippen molar-refractivity contribution in [2.45, 2.75) is 67.3 Å². The SMILES string of the molecule is C[C@@H](CC1CCCCC1)NCc1ccccc1NS(=O)(=O)c1cn(S(=O)(=O)c2cccs2)cn1. The number of sulfonamides is 1. The lowest BCUT2D eigenvalue weighted by Crippen LogP contribution is -2.29. The molecule has 1 saturated carbocycles. The molecule has 2 aromatic heterocycles. The van der Waals surface area contributed by atoms with Crippen LogP contribution in [-0.2, 0) is 26.6 Å². The van der Waals surface area contributed by atoms with Crippen molar-refractivity contribution >= 4 is 37.1 Å². The van der Waals surface area contributed by atoms with Crippen LogP contribution in [0.3, 0.4) is 0 Å². The molecule has 11 heteroatoms. The van der Waals surface area contributed by atoms with Crippen LogP contribution in [0.4, 0.5) is 5.69 Å².